The number of carbonyl (C=O) groups is 1. The number of nitrogens with one attached hydrogen (secondary N) is 1. The van der Waals surface area contributed by atoms with Crippen LogP contribution in [0.2, 0.25) is 0 Å². The molecule has 1 amide bonds. The second-order valence-corrected chi connectivity index (χ2v) is 7.36. The zero-order valence-electron chi connectivity index (χ0n) is 17.3. The van der Waals surface area contributed by atoms with Gasteiger partial charge in [0.1, 0.15) is 5.69 Å². The average molecular weight is 404 g/mol. The fraction of sp³-hybridized carbons (Fsp3) is 0.333. The molecule has 4 heterocycles. The maximum atomic E-state index is 12.9. The van der Waals surface area contributed by atoms with Gasteiger partial charge < -0.3 is 10.2 Å². The lowest BCUT2D eigenvalue weighted by Crippen LogP contribution is -2.30. The summed E-state index contributed by atoms with van der Waals surface area (Å²) >= 11 is 0. The number of anilines is 2. The summed E-state index contributed by atoms with van der Waals surface area (Å²) in [5.41, 5.74) is 3.35. The zero-order valence-corrected chi connectivity index (χ0v) is 17.3. The van der Waals surface area contributed by atoms with Gasteiger partial charge in [0.15, 0.2) is 5.82 Å². The Balaban J connectivity index is 1.57. The molecule has 154 valence electrons. The first-order valence-electron chi connectivity index (χ1n) is 9.87. The van der Waals surface area contributed by atoms with Gasteiger partial charge in [-0.1, -0.05) is 0 Å². The minimum absolute atomic E-state index is 0.0550. The standard InChI is InChI=1S/C21H24N8O/c1-14-11-15(2)26-21(25-14)27-20-19(22-8-9-23-20)17-5-4-10-29(17)18(30)7-6-16-12-24-28(3)13-16/h6-9,11-13,17H,4-5,10H2,1-3H3,(H,23,25,26,27). The quantitative estimate of drug-likeness (QED) is 0.652. The van der Waals surface area contributed by atoms with Gasteiger partial charge in [-0.25, -0.2) is 15.0 Å². The highest BCUT2D eigenvalue weighted by atomic mass is 16.2. The fourth-order valence-corrected chi connectivity index (χ4v) is 3.68. The number of aromatic nitrogens is 6. The topological polar surface area (TPSA) is 102 Å². The normalized spacial score (nSPS) is 16.4. The van der Waals surface area contributed by atoms with Gasteiger partial charge >= 0.3 is 0 Å². The minimum atomic E-state index is -0.154. The molecular weight excluding hydrogens is 380 g/mol. The molecule has 4 rings (SSSR count). The molecule has 30 heavy (non-hydrogen) atoms. The maximum absolute atomic E-state index is 12.9. The van der Waals surface area contributed by atoms with Crippen LogP contribution in [-0.2, 0) is 11.8 Å². The molecule has 1 saturated heterocycles. The van der Waals surface area contributed by atoms with E-state index in [1.807, 2.05) is 38.1 Å². The Bertz CT molecular complexity index is 1070. The molecule has 0 bridgehead atoms. The van der Waals surface area contributed by atoms with Gasteiger partial charge in [0.25, 0.3) is 0 Å². The summed E-state index contributed by atoms with van der Waals surface area (Å²) in [6.45, 7) is 4.52. The van der Waals surface area contributed by atoms with E-state index in [9.17, 15) is 4.79 Å². The van der Waals surface area contributed by atoms with Crippen molar-refractivity contribution in [1.29, 1.82) is 0 Å². The summed E-state index contributed by atoms with van der Waals surface area (Å²) in [5, 5.41) is 7.31. The Labute approximate surface area is 174 Å². The molecule has 1 aliphatic rings. The number of hydrogen-bond donors (Lipinski definition) is 1. The Morgan fingerprint density at radius 1 is 1.20 bits per heavy atom. The predicted molar refractivity (Wildman–Crippen MR) is 113 cm³/mol. The second-order valence-electron chi connectivity index (χ2n) is 7.36. The highest BCUT2D eigenvalue weighted by Gasteiger charge is 2.32. The van der Waals surface area contributed by atoms with Crippen LogP contribution in [0.4, 0.5) is 11.8 Å². The summed E-state index contributed by atoms with van der Waals surface area (Å²) in [6.07, 6.45) is 12.0. The number of aryl methyl sites for hydroxylation is 3. The molecule has 1 unspecified atom stereocenters. The molecule has 0 radical (unpaired) electrons. The summed E-state index contributed by atoms with van der Waals surface area (Å²) in [6, 6.07) is 1.76. The number of carbonyl (C=O) groups excluding carboxylic acids is 1. The van der Waals surface area contributed by atoms with Crippen molar-refractivity contribution < 1.29 is 4.79 Å². The largest absolute Gasteiger partial charge is 0.330 e. The number of hydrogen-bond acceptors (Lipinski definition) is 7. The molecule has 0 saturated carbocycles. The lowest BCUT2D eigenvalue weighted by atomic mass is 10.1. The number of likely N-dealkylation sites (tertiary alicyclic amines) is 1. The van der Waals surface area contributed by atoms with E-state index >= 15 is 0 Å². The van der Waals surface area contributed by atoms with Gasteiger partial charge in [-0.05, 0) is 38.8 Å². The van der Waals surface area contributed by atoms with Gasteiger partial charge in [-0.3, -0.25) is 14.5 Å². The third-order valence-corrected chi connectivity index (χ3v) is 4.93. The van der Waals surface area contributed by atoms with Crippen molar-refractivity contribution in [3.63, 3.8) is 0 Å². The highest BCUT2D eigenvalue weighted by molar-refractivity contribution is 5.92. The molecule has 1 aliphatic heterocycles. The van der Waals surface area contributed by atoms with Crippen molar-refractivity contribution in [2.45, 2.75) is 32.7 Å². The summed E-state index contributed by atoms with van der Waals surface area (Å²) in [7, 11) is 1.84. The Morgan fingerprint density at radius 2 is 1.97 bits per heavy atom. The first-order valence-corrected chi connectivity index (χ1v) is 9.87. The zero-order chi connectivity index (χ0) is 21.1. The molecule has 0 aromatic carbocycles. The average Bonchev–Trinajstić information content (AvgIpc) is 3.35. The van der Waals surface area contributed by atoms with Gasteiger partial charge in [0.05, 0.1) is 12.2 Å². The Hall–Kier alpha value is -3.62. The van der Waals surface area contributed by atoms with Crippen molar-refractivity contribution in [3.05, 3.63) is 59.6 Å². The van der Waals surface area contributed by atoms with E-state index < -0.39 is 0 Å². The van der Waals surface area contributed by atoms with Gasteiger partial charge in [0, 0.05) is 55.2 Å². The van der Waals surface area contributed by atoms with Crippen LogP contribution < -0.4 is 5.32 Å². The monoisotopic (exact) mass is 404 g/mol. The van der Waals surface area contributed by atoms with Crippen LogP contribution in [0.15, 0.2) is 36.9 Å². The minimum Gasteiger partial charge on any atom is -0.330 e. The SMILES string of the molecule is Cc1cc(C)nc(Nc2nccnc2C2CCCN2C(=O)C=Cc2cnn(C)c2)n1. The third-order valence-electron chi connectivity index (χ3n) is 4.93. The molecule has 3 aromatic heterocycles. The van der Waals surface area contributed by atoms with E-state index in [-0.39, 0.29) is 11.9 Å². The molecule has 0 aliphatic carbocycles. The highest BCUT2D eigenvalue weighted by Crippen LogP contribution is 2.34. The summed E-state index contributed by atoms with van der Waals surface area (Å²) in [4.78, 5) is 32.6. The Morgan fingerprint density at radius 3 is 2.70 bits per heavy atom. The Kier molecular flexibility index (Phi) is 5.51. The van der Waals surface area contributed by atoms with Crippen molar-refractivity contribution in [2.24, 2.45) is 7.05 Å². The van der Waals surface area contributed by atoms with Gasteiger partial charge in [-0.2, -0.15) is 5.10 Å². The molecular formula is C21H24N8O. The van der Waals surface area contributed by atoms with E-state index in [4.69, 9.17) is 0 Å². The molecule has 1 N–H and O–H groups in total. The van der Waals surface area contributed by atoms with Crippen LogP contribution in [0.3, 0.4) is 0 Å². The first-order chi connectivity index (χ1) is 14.5. The van der Waals surface area contributed by atoms with Crippen molar-refractivity contribution >= 4 is 23.7 Å². The molecule has 3 aromatic rings. The lowest BCUT2D eigenvalue weighted by molar-refractivity contribution is -0.126. The fourth-order valence-electron chi connectivity index (χ4n) is 3.68. The first kappa shape index (κ1) is 19.7. The van der Waals surface area contributed by atoms with E-state index in [2.05, 4.69) is 30.4 Å². The number of amides is 1. The molecule has 9 nitrogen and oxygen atoms in total. The van der Waals surface area contributed by atoms with Crippen LogP contribution in [-0.4, -0.2) is 47.1 Å². The van der Waals surface area contributed by atoms with Crippen molar-refractivity contribution in [3.8, 4) is 0 Å². The summed E-state index contributed by atoms with van der Waals surface area (Å²) < 4.78 is 1.70. The predicted octanol–water partition coefficient (Wildman–Crippen LogP) is 2.74. The van der Waals surface area contributed by atoms with Crippen LogP contribution in [0.5, 0.6) is 0 Å². The van der Waals surface area contributed by atoms with Crippen LogP contribution in [0.25, 0.3) is 6.08 Å². The van der Waals surface area contributed by atoms with Crippen LogP contribution >= 0.6 is 0 Å². The molecule has 9 heteroatoms. The van der Waals surface area contributed by atoms with Crippen molar-refractivity contribution in [2.75, 3.05) is 11.9 Å². The summed E-state index contributed by atoms with van der Waals surface area (Å²) in [5.74, 6) is 0.991. The van der Waals surface area contributed by atoms with E-state index in [1.54, 1.807) is 35.4 Å². The van der Waals surface area contributed by atoms with Crippen LogP contribution in [0.1, 0.15) is 41.5 Å². The van der Waals surface area contributed by atoms with Gasteiger partial charge in [-0.15, -0.1) is 0 Å². The third kappa shape index (κ3) is 4.35. The van der Waals surface area contributed by atoms with Gasteiger partial charge in [0.2, 0.25) is 11.9 Å². The molecule has 0 spiro atoms. The van der Waals surface area contributed by atoms with E-state index in [0.717, 1.165) is 35.5 Å². The number of nitrogens with zero attached hydrogens (tertiary/aromatic N) is 7. The lowest BCUT2D eigenvalue weighted by Gasteiger charge is -2.24. The second kappa shape index (κ2) is 8.40. The maximum Gasteiger partial charge on any atom is 0.247 e. The number of rotatable bonds is 5. The van der Waals surface area contributed by atoms with E-state index in [1.165, 1.54) is 0 Å². The van der Waals surface area contributed by atoms with Crippen molar-refractivity contribution in [1.82, 2.24) is 34.6 Å². The van der Waals surface area contributed by atoms with Crippen LogP contribution in [0, 0.1) is 13.8 Å². The molecule has 1 atom stereocenters. The van der Waals surface area contributed by atoms with E-state index in [0.29, 0.717) is 18.3 Å². The smallest absolute Gasteiger partial charge is 0.247 e. The molecule has 1 fully saturated rings.